The van der Waals surface area contributed by atoms with Crippen LogP contribution in [-0.4, -0.2) is 32.2 Å². The molecule has 3 aromatic rings. The van der Waals surface area contributed by atoms with Crippen molar-refractivity contribution in [1.29, 1.82) is 0 Å². The third-order valence-electron chi connectivity index (χ3n) is 4.60. The highest BCUT2D eigenvalue weighted by atomic mass is 32.2. The number of hydrogen-bond donors (Lipinski definition) is 1. The standard InChI is InChI=1S/C20H20N4O2S/c1-13-9-10-17(22-12-13)24-19(26)14-6-2-3-7-15(14)23-20(24)27-16-8-4-5-11-21-18(16)25/h2-3,6-7,9-10,12,16H,4-5,8,11H2,1H3,(H,21,25)/t16-/m1/s1. The minimum atomic E-state index is -0.266. The average molecular weight is 380 g/mol. The number of carbonyl (C=O) groups excluding carboxylic acids is 1. The first-order valence-electron chi connectivity index (χ1n) is 9.03. The molecule has 7 heteroatoms. The highest BCUT2D eigenvalue weighted by Crippen LogP contribution is 2.28. The predicted octanol–water partition coefficient (Wildman–Crippen LogP) is 2.85. The molecule has 0 unspecified atom stereocenters. The lowest BCUT2D eigenvalue weighted by Gasteiger charge is -2.16. The summed E-state index contributed by atoms with van der Waals surface area (Å²) in [6, 6.07) is 11.0. The van der Waals surface area contributed by atoms with Crippen LogP contribution >= 0.6 is 11.8 Å². The Hall–Kier alpha value is -2.67. The molecule has 6 nitrogen and oxygen atoms in total. The molecule has 0 aliphatic carbocycles. The number of benzene rings is 1. The van der Waals surface area contributed by atoms with E-state index in [-0.39, 0.29) is 16.7 Å². The van der Waals surface area contributed by atoms with Gasteiger partial charge in [0, 0.05) is 12.7 Å². The van der Waals surface area contributed by atoms with Crippen LogP contribution in [0.4, 0.5) is 0 Å². The lowest BCUT2D eigenvalue weighted by molar-refractivity contribution is -0.120. The SMILES string of the molecule is Cc1ccc(-n2c(S[C@@H]3CCCCNC3=O)nc3ccccc3c2=O)nc1. The molecule has 1 aromatic carbocycles. The van der Waals surface area contributed by atoms with Gasteiger partial charge in [-0.2, -0.15) is 0 Å². The number of fused-ring (bicyclic) bond motifs is 1. The second kappa shape index (κ2) is 7.52. The number of hydrogen-bond acceptors (Lipinski definition) is 5. The van der Waals surface area contributed by atoms with Crippen molar-refractivity contribution in [3.05, 3.63) is 58.5 Å². The maximum absolute atomic E-state index is 13.2. The average Bonchev–Trinajstić information content (AvgIpc) is 2.88. The summed E-state index contributed by atoms with van der Waals surface area (Å²) in [5, 5.41) is 3.71. The summed E-state index contributed by atoms with van der Waals surface area (Å²) in [6.45, 7) is 2.65. The van der Waals surface area contributed by atoms with Crippen LogP contribution in [0.3, 0.4) is 0 Å². The summed E-state index contributed by atoms with van der Waals surface area (Å²) in [6.07, 6.45) is 4.43. The molecule has 0 spiro atoms. The van der Waals surface area contributed by atoms with Crippen LogP contribution in [-0.2, 0) is 4.79 Å². The van der Waals surface area contributed by atoms with Crippen molar-refractivity contribution in [2.75, 3.05) is 6.54 Å². The van der Waals surface area contributed by atoms with E-state index in [4.69, 9.17) is 4.98 Å². The fourth-order valence-electron chi connectivity index (χ4n) is 3.14. The van der Waals surface area contributed by atoms with Gasteiger partial charge in [-0.25, -0.2) is 14.5 Å². The third kappa shape index (κ3) is 3.60. The first kappa shape index (κ1) is 17.7. The molecule has 1 aliphatic heterocycles. The number of nitrogens with zero attached hydrogens (tertiary/aromatic N) is 3. The quantitative estimate of drug-likeness (QED) is 0.707. The highest BCUT2D eigenvalue weighted by Gasteiger charge is 2.25. The lowest BCUT2D eigenvalue weighted by atomic mass is 10.2. The van der Waals surface area contributed by atoms with Gasteiger partial charge in [-0.05, 0) is 43.5 Å². The van der Waals surface area contributed by atoms with Crippen molar-refractivity contribution in [2.24, 2.45) is 0 Å². The summed E-state index contributed by atoms with van der Waals surface area (Å²) < 4.78 is 1.52. The van der Waals surface area contributed by atoms with Gasteiger partial charge >= 0.3 is 0 Å². The zero-order valence-corrected chi connectivity index (χ0v) is 15.8. The summed E-state index contributed by atoms with van der Waals surface area (Å²) in [5.41, 5.74) is 1.47. The van der Waals surface area contributed by atoms with E-state index < -0.39 is 0 Å². The smallest absolute Gasteiger partial charge is 0.267 e. The largest absolute Gasteiger partial charge is 0.355 e. The van der Waals surface area contributed by atoms with Gasteiger partial charge in [-0.15, -0.1) is 0 Å². The first-order valence-corrected chi connectivity index (χ1v) is 9.90. The van der Waals surface area contributed by atoms with Crippen LogP contribution in [0.2, 0.25) is 0 Å². The van der Waals surface area contributed by atoms with Gasteiger partial charge < -0.3 is 5.32 Å². The predicted molar refractivity (Wildman–Crippen MR) is 106 cm³/mol. The van der Waals surface area contributed by atoms with Crippen LogP contribution in [0.1, 0.15) is 24.8 Å². The third-order valence-corrected chi connectivity index (χ3v) is 5.82. The van der Waals surface area contributed by atoms with E-state index >= 15 is 0 Å². The van der Waals surface area contributed by atoms with E-state index in [0.717, 1.165) is 24.8 Å². The number of aryl methyl sites for hydroxylation is 1. The van der Waals surface area contributed by atoms with Crippen molar-refractivity contribution in [1.82, 2.24) is 19.9 Å². The number of amides is 1. The Balaban J connectivity index is 1.87. The molecule has 1 amide bonds. The minimum absolute atomic E-state index is 0.00308. The molecule has 1 aliphatic rings. The van der Waals surface area contributed by atoms with Gasteiger partial charge in [0.25, 0.3) is 5.56 Å². The van der Waals surface area contributed by atoms with E-state index in [1.807, 2.05) is 37.3 Å². The van der Waals surface area contributed by atoms with Gasteiger partial charge in [0.15, 0.2) is 5.16 Å². The molecule has 3 heterocycles. The van der Waals surface area contributed by atoms with E-state index in [1.54, 1.807) is 12.3 Å². The zero-order valence-electron chi connectivity index (χ0n) is 15.0. The molecule has 138 valence electrons. The van der Waals surface area contributed by atoms with Gasteiger partial charge in [0.2, 0.25) is 5.91 Å². The summed E-state index contributed by atoms with van der Waals surface area (Å²) in [4.78, 5) is 34.7. The Morgan fingerprint density at radius 2 is 2.00 bits per heavy atom. The number of carbonyl (C=O) groups is 1. The fourth-order valence-corrected chi connectivity index (χ4v) is 4.30. The Kier molecular flexibility index (Phi) is 4.94. The van der Waals surface area contributed by atoms with E-state index in [2.05, 4.69) is 10.3 Å². The Labute approximate surface area is 161 Å². The van der Waals surface area contributed by atoms with Crippen molar-refractivity contribution in [3.63, 3.8) is 0 Å². The van der Waals surface area contributed by atoms with Gasteiger partial charge in [0.05, 0.1) is 16.2 Å². The van der Waals surface area contributed by atoms with Crippen molar-refractivity contribution in [2.45, 2.75) is 36.6 Å². The number of para-hydroxylation sites is 1. The van der Waals surface area contributed by atoms with Gasteiger partial charge in [-0.1, -0.05) is 36.4 Å². The molecule has 1 saturated heterocycles. The number of rotatable bonds is 3. The molecule has 27 heavy (non-hydrogen) atoms. The van der Waals surface area contributed by atoms with Crippen molar-refractivity contribution < 1.29 is 4.79 Å². The van der Waals surface area contributed by atoms with E-state index in [1.165, 1.54) is 16.3 Å². The molecule has 0 radical (unpaired) electrons. The monoisotopic (exact) mass is 380 g/mol. The normalized spacial score (nSPS) is 17.5. The lowest BCUT2D eigenvalue weighted by Crippen LogP contribution is -2.32. The van der Waals surface area contributed by atoms with Crippen molar-refractivity contribution in [3.8, 4) is 5.82 Å². The number of nitrogens with one attached hydrogen (secondary N) is 1. The molecule has 0 saturated carbocycles. The van der Waals surface area contributed by atoms with Crippen LogP contribution in [0.5, 0.6) is 0 Å². The zero-order chi connectivity index (χ0) is 18.8. The van der Waals surface area contributed by atoms with Crippen LogP contribution in [0.15, 0.2) is 52.5 Å². The van der Waals surface area contributed by atoms with Crippen molar-refractivity contribution >= 4 is 28.6 Å². The Morgan fingerprint density at radius 3 is 2.81 bits per heavy atom. The van der Waals surface area contributed by atoms with E-state index in [9.17, 15) is 9.59 Å². The second-order valence-electron chi connectivity index (χ2n) is 6.64. The molecule has 4 rings (SSSR count). The Morgan fingerprint density at radius 1 is 1.15 bits per heavy atom. The Bertz CT molecular complexity index is 1050. The molecule has 1 fully saturated rings. The second-order valence-corrected chi connectivity index (χ2v) is 7.81. The van der Waals surface area contributed by atoms with E-state index in [0.29, 0.717) is 28.4 Å². The number of aromatic nitrogens is 3. The molecule has 1 atom stereocenters. The van der Waals surface area contributed by atoms with Crippen LogP contribution in [0.25, 0.3) is 16.7 Å². The van der Waals surface area contributed by atoms with Crippen LogP contribution in [0, 0.1) is 6.92 Å². The fraction of sp³-hybridized carbons (Fsp3) is 0.300. The number of pyridine rings is 1. The number of thioether (sulfide) groups is 1. The highest BCUT2D eigenvalue weighted by molar-refractivity contribution is 8.00. The topological polar surface area (TPSA) is 76.9 Å². The van der Waals surface area contributed by atoms with Gasteiger partial charge in [0.1, 0.15) is 5.82 Å². The summed E-state index contributed by atoms with van der Waals surface area (Å²) in [5.74, 6) is 0.517. The molecule has 2 aromatic heterocycles. The molecule has 0 bridgehead atoms. The first-order chi connectivity index (χ1) is 13.1. The molecular formula is C20H20N4O2S. The van der Waals surface area contributed by atoms with Gasteiger partial charge in [-0.3, -0.25) is 9.59 Å². The summed E-state index contributed by atoms with van der Waals surface area (Å²) >= 11 is 1.34. The minimum Gasteiger partial charge on any atom is -0.355 e. The maximum Gasteiger partial charge on any atom is 0.267 e. The maximum atomic E-state index is 13.2. The van der Waals surface area contributed by atoms with Crippen LogP contribution < -0.4 is 10.9 Å². The molecular weight excluding hydrogens is 360 g/mol. The molecule has 1 N–H and O–H groups in total. The summed E-state index contributed by atoms with van der Waals surface area (Å²) in [7, 11) is 0.